The van der Waals surface area contributed by atoms with Crippen LogP contribution < -0.4 is 4.90 Å². The zero-order valence-electron chi connectivity index (χ0n) is 16.0. The molecule has 0 aliphatic heterocycles. The number of aromatic nitrogens is 1. The molecule has 0 radical (unpaired) electrons. The van der Waals surface area contributed by atoms with Crippen LogP contribution in [0.3, 0.4) is 0 Å². The summed E-state index contributed by atoms with van der Waals surface area (Å²) in [7, 11) is 1.99. The molecule has 2 aromatic carbocycles. The molecule has 0 atom stereocenters. The Kier molecular flexibility index (Phi) is 5.87. The van der Waals surface area contributed by atoms with Gasteiger partial charge in [0.05, 0.1) is 11.9 Å². The third-order valence-electron chi connectivity index (χ3n) is 4.58. The Hall–Kier alpha value is -3.14. The van der Waals surface area contributed by atoms with Crippen molar-refractivity contribution in [1.82, 2.24) is 9.88 Å². The SMILES string of the molecule is CC(C)N(Cc1ccccc1)C(=O)c1ccc(N(C)c2ccccc2)cn1. The van der Waals surface area contributed by atoms with E-state index in [1.807, 2.05) is 97.4 Å². The minimum atomic E-state index is -0.0530. The average Bonchev–Trinajstić information content (AvgIpc) is 2.72. The number of hydrogen-bond acceptors (Lipinski definition) is 3. The van der Waals surface area contributed by atoms with Crippen molar-refractivity contribution in [3.8, 4) is 0 Å². The van der Waals surface area contributed by atoms with Crippen LogP contribution in [0.1, 0.15) is 29.9 Å². The van der Waals surface area contributed by atoms with Gasteiger partial charge >= 0.3 is 0 Å². The van der Waals surface area contributed by atoms with E-state index in [0.29, 0.717) is 12.2 Å². The molecule has 0 saturated heterocycles. The maximum atomic E-state index is 13.0. The maximum Gasteiger partial charge on any atom is 0.272 e. The minimum Gasteiger partial charge on any atom is -0.343 e. The first kappa shape index (κ1) is 18.6. The van der Waals surface area contributed by atoms with Crippen molar-refractivity contribution in [3.63, 3.8) is 0 Å². The summed E-state index contributed by atoms with van der Waals surface area (Å²) in [5, 5.41) is 0. The van der Waals surface area contributed by atoms with Crippen molar-refractivity contribution in [2.45, 2.75) is 26.4 Å². The maximum absolute atomic E-state index is 13.0. The van der Waals surface area contributed by atoms with Gasteiger partial charge in [-0.1, -0.05) is 48.5 Å². The van der Waals surface area contributed by atoms with E-state index in [0.717, 1.165) is 16.9 Å². The van der Waals surface area contributed by atoms with Gasteiger partial charge in [0.1, 0.15) is 5.69 Å². The highest BCUT2D eigenvalue weighted by Gasteiger charge is 2.20. The van der Waals surface area contributed by atoms with Gasteiger partial charge in [-0.15, -0.1) is 0 Å². The number of nitrogens with zero attached hydrogens (tertiary/aromatic N) is 3. The average molecular weight is 359 g/mol. The quantitative estimate of drug-likeness (QED) is 0.628. The Morgan fingerprint density at radius 1 is 0.889 bits per heavy atom. The highest BCUT2D eigenvalue weighted by atomic mass is 16.2. The molecule has 0 bridgehead atoms. The van der Waals surface area contributed by atoms with E-state index in [4.69, 9.17) is 0 Å². The molecule has 3 aromatic rings. The molecular formula is C23H25N3O. The van der Waals surface area contributed by atoms with E-state index in [9.17, 15) is 4.79 Å². The summed E-state index contributed by atoms with van der Waals surface area (Å²) in [4.78, 5) is 21.3. The van der Waals surface area contributed by atoms with Gasteiger partial charge in [-0.25, -0.2) is 4.98 Å². The monoisotopic (exact) mass is 359 g/mol. The molecular weight excluding hydrogens is 334 g/mol. The van der Waals surface area contributed by atoms with Crippen LogP contribution >= 0.6 is 0 Å². The molecule has 1 heterocycles. The molecule has 1 aromatic heterocycles. The molecule has 4 nitrogen and oxygen atoms in total. The summed E-state index contributed by atoms with van der Waals surface area (Å²) in [5.41, 5.74) is 3.59. The molecule has 0 saturated carbocycles. The summed E-state index contributed by atoms with van der Waals surface area (Å²) in [5.74, 6) is -0.0530. The van der Waals surface area contributed by atoms with Gasteiger partial charge in [0, 0.05) is 25.3 Å². The molecule has 0 N–H and O–H groups in total. The number of hydrogen-bond donors (Lipinski definition) is 0. The lowest BCUT2D eigenvalue weighted by Crippen LogP contribution is -2.36. The van der Waals surface area contributed by atoms with E-state index < -0.39 is 0 Å². The topological polar surface area (TPSA) is 36.4 Å². The molecule has 0 fully saturated rings. The van der Waals surface area contributed by atoms with Crippen molar-refractivity contribution in [2.24, 2.45) is 0 Å². The fourth-order valence-electron chi connectivity index (χ4n) is 2.93. The zero-order valence-corrected chi connectivity index (χ0v) is 16.0. The molecule has 4 heteroatoms. The minimum absolute atomic E-state index is 0.0530. The van der Waals surface area contributed by atoms with Crippen LogP contribution in [0.5, 0.6) is 0 Å². The number of amides is 1. The smallest absolute Gasteiger partial charge is 0.272 e. The van der Waals surface area contributed by atoms with Crippen molar-refractivity contribution in [1.29, 1.82) is 0 Å². The van der Waals surface area contributed by atoms with Crippen LogP contribution in [0.4, 0.5) is 11.4 Å². The first-order valence-corrected chi connectivity index (χ1v) is 9.16. The molecule has 0 unspecified atom stereocenters. The number of carbonyl (C=O) groups excluding carboxylic acids is 1. The van der Waals surface area contributed by atoms with Crippen LogP contribution in [0.15, 0.2) is 79.0 Å². The second-order valence-electron chi connectivity index (χ2n) is 6.81. The van der Waals surface area contributed by atoms with Crippen molar-refractivity contribution in [3.05, 3.63) is 90.3 Å². The van der Waals surface area contributed by atoms with Gasteiger partial charge in [-0.2, -0.15) is 0 Å². The first-order chi connectivity index (χ1) is 13.1. The van der Waals surface area contributed by atoms with Crippen molar-refractivity contribution >= 4 is 17.3 Å². The van der Waals surface area contributed by atoms with E-state index in [1.54, 1.807) is 12.3 Å². The predicted molar refractivity (Wildman–Crippen MR) is 110 cm³/mol. The number of rotatable bonds is 6. The third kappa shape index (κ3) is 4.53. The summed E-state index contributed by atoms with van der Waals surface area (Å²) in [6.45, 7) is 4.63. The summed E-state index contributed by atoms with van der Waals surface area (Å²) in [6.07, 6.45) is 1.75. The number of pyridine rings is 1. The number of anilines is 2. The van der Waals surface area contributed by atoms with Crippen LogP contribution in [-0.2, 0) is 6.54 Å². The van der Waals surface area contributed by atoms with Crippen LogP contribution in [-0.4, -0.2) is 28.9 Å². The van der Waals surface area contributed by atoms with E-state index in [-0.39, 0.29) is 11.9 Å². The number of benzene rings is 2. The molecule has 27 heavy (non-hydrogen) atoms. The van der Waals surface area contributed by atoms with Crippen molar-refractivity contribution < 1.29 is 4.79 Å². The lowest BCUT2D eigenvalue weighted by atomic mass is 10.1. The predicted octanol–water partition coefficient (Wildman–Crippen LogP) is 4.90. The third-order valence-corrected chi connectivity index (χ3v) is 4.58. The second kappa shape index (κ2) is 8.49. The highest BCUT2D eigenvalue weighted by molar-refractivity contribution is 5.92. The van der Waals surface area contributed by atoms with Crippen LogP contribution in [0.2, 0.25) is 0 Å². The van der Waals surface area contributed by atoms with Crippen LogP contribution in [0.25, 0.3) is 0 Å². The molecule has 138 valence electrons. The summed E-state index contributed by atoms with van der Waals surface area (Å²) in [6, 6.07) is 23.9. The van der Waals surface area contributed by atoms with Gasteiger partial charge in [0.2, 0.25) is 0 Å². The lowest BCUT2D eigenvalue weighted by Gasteiger charge is -2.27. The van der Waals surface area contributed by atoms with E-state index in [1.165, 1.54) is 0 Å². The van der Waals surface area contributed by atoms with E-state index in [2.05, 4.69) is 4.98 Å². The Labute approximate surface area is 161 Å². The summed E-state index contributed by atoms with van der Waals surface area (Å²) < 4.78 is 0. The molecule has 0 spiro atoms. The van der Waals surface area contributed by atoms with Crippen LogP contribution in [0, 0.1) is 0 Å². The normalized spacial score (nSPS) is 10.7. The molecule has 0 aliphatic carbocycles. The Morgan fingerprint density at radius 2 is 1.52 bits per heavy atom. The number of para-hydroxylation sites is 1. The van der Waals surface area contributed by atoms with Gasteiger partial charge in [0.15, 0.2) is 0 Å². The highest BCUT2D eigenvalue weighted by Crippen LogP contribution is 2.22. The zero-order chi connectivity index (χ0) is 19.2. The first-order valence-electron chi connectivity index (χ1n) is 9.16. The Morgan fingerprint density at radius 3 is 2.07 bits per heavy atom. The fraction of sp³-hybridized carbons (Fsp3) is 0.217. The summed E-state index contributed by atoms with van der Waals surface area (Å²) >= 11 is 0. The van der Waals surface area contributed by atoms with E-state index >= 15 is 0 Å². The van der Waals surface area contributed by atoms with Gasteiger partial charge < -0.3 is 9.80 Å². The second-order valence-corrected chi connectivity index (χ2v) is 6.81. The fourth-order valence-corrected chi connectivity index (χ4v) is 2.93. The Bertz CT molecular complexity index is 861. The molecule has 0 aliphatic rings. The molecule has 1 amide bonds. The lowest BCUT2D eigenvalue weighted by molar-refractivity contribution is 0.0684. The van der Waals surface area contributed by atoms with Gasteiger partial charge in [-0.05, 0) is 43.7 Å². The largest absolute Gasteiger partial charge is 0.343 e. The van der Waals surface area contributed by atoms with Gasteiger partial charge in [-0.3, -0.25) is 4.79 Å². The van der Waals surface area contributed by atoms with Crippen molar-refractivity contribution in [2.75, 3.05) is 11.9 Å². The number of carbonyl (C=O) groups is 1. The van der Waals surface area contributed by atoms with Gasteiger partial charge in [0.25, 0.3) is 5.91 Å². The molecule has 3 rings (SSSR count). The Balaban J connectivity index is 1.77. The standard InChI is InChI=1S/C23H25N3O/c1-18(2)26(17-19-10-6-4-7-11-19)23(27)22-15-14-21(16-24-22)25(3)20-12-8-5-9-13-20/h4-16,18H,17H2,1-3H3.